The molecule has 0 spiro atoms. The van der Waals surface area contributed by atoms with Gasteiger partial charge >= 0.3 is 12.1 Å². The maximum atomic E-state index is 12.7. The first-order chi connectivity index (χ1) is 16.2. The highest BCUT2D eigenvalue weighted by atomic mass is 16.6. The zero-order valence-corrected chi connectivity index (χ0v) is 20.1. The van der Waals surface area contributed by atoms with E-state index in [0.717, 1.165) is 16.9 Å². The molecule has 2 heterocycles. The van der Waals surface area contributed by atoms with Gasteiger partial charge in [0, 0.05) is 11.5 Å². The molecule has 1 saturated heterocycles. The molecule has 0 aromatic heterocycles. The number of hydrogen-bond donors (Lipinski definition) is 2. The van der Waals surface area contributed by atoms with E-state index in [4.69, 9.17) is 14.2 Å². The number of para-hydroxylation sites is 1. The Bertz CT molecular complexity index is 1020. The number of nitrogens with one attached hydrogen (secondary N) is 1. The van der Waals surface area contributed by atoms with E-state index in [1.54, 1.807) is 0 Å². The number of amides is 1. The zero-order valence-electron chi connectivity index (χ0n) is 20.1. The minimum absolute atomic E-state index is 0.0734. The molecule has 1 amide bonds. The standard InChI is InChI=1S/C27H33NO6/c1-16(2)22(28-26(31)32-15-17-10-6-5-7-11-17)24-19(25(29)30)14-20-23(33-24)18-12-8-9-13-21(18)34-27(20,3)4/h5-13,16,19-20,22-24H,14-15H2,1-4H3,(H,28,31)(H,29,30)/t19-,20+,22-,23-,24-/m0/s1. The Morgan fingerprint density at radius 2 is 1.79 bits per heavy atom. The lowest BCUT2D eigenvalue weighted by Crippen LogP contribution is -2.59. The fourth-order valence-electron chi connectivity index (χ4n) is 5.10. The number of hydrogen-bond acceptors (Lipinski definition) is 5. The van der Waals surface area contributed by atoms with Crippen molar-refractivity contribution in [3.05, 3.63) is 65.7 Å². The van der Waals surface area contributed by atoms with Crippen molar-refractivity contribution in [2.75, 3.05) is 0 Å². The Morgan fingerprint density at radius 1 is 1.12 bits per heavy atom. The first-order valence-corrected chi connectivity index (χ1v) is 11.8. The third kappa shape index (κ3) is 4.89. The van der Waals surface area contributed by atoms with E-state index in [9.17, 15) is 14.7 Å². The van der Waals surface area contributed by atoms with Gasteiger partial charge in [0.05, 0.1) is 24.2 Å². The predicted octanol–water partition coefficient (Wildman–Crippen LogP) is 4.96. The average molecular weight is 468 g/mol. The molecular formula is C27H33NO6. The highest BCUT2D eigenvalue weighted by molar-refractivity contribution is 5.72. The summed E-state index contributed by atoms with van der Waals surface area (Å²) in [4.78, 5) is 25.0. The van der Waals surface area contributed by atoms with Crippen LogP contribution in [-0.4, -0.2) is 34.9 Å². The number of carboxylic acid groups (broad SMARTS) is 1. The molecule has 0 saturated carbocycles. The van der Waals surface area contributed by atoms with Gasteiger partial charge in [-0.05, 0) is 37.8 Å². The van der Waals surface area contributed by atoms with Crippen LogP contribution in [0.1, 0.15) is 51.3 Å². The summed E-state index contributed by atoms with van der Waals surface area (Å²) < 4.78 is 18.2. The van der Waals surface area contributed by atoms with E-state index in [0.29, 0.717) is 6.42 Å². The van der Waals surface area contributed by atoms with Crippen LogP contribution in [0.15, 0.2) is 54.6 Å². The highest BCUT2D eigenvalue weighted by Gasteiger charge is 2.54. The van der Waals surface area contributed by atoms with Crippen LogP contribution in [0.25, 0.3) is 0 Å². The summed E-state index contributed by atoms with van der Waals surface area (Å²) in [5, 5.41) is 13.0. The lowest BCUT2D eigenvalue weighted by Gasteiger charge is -2.51. The van der Waals surface area contributed by atoms with Crippen LogP contribution in [0, 0.1) is 17.8 Å². The third-order valence-electron chi connectivity index (χ3n) is 6.95. The minimum Gasteiger partial charge on any atom is -0.487 e. The van der Waals surface area contributed by atoms with Gasteiger partial charge in [-0.2, -0.15) is 0 Å². The fourth-order valence-corrected chi connectivity index (χ4v) is 5.10. The second-order valence-electron chi connectivity index (χ2n) is 10.0. The summed E-state index contributed by atoms with van der Waals surface area (Å²) in [6.07, 6.45) is -1.25. The Morgan fingerprint density at radius 3 is 2.47 bits per heavy atom. The summed E-state index contributed by atoms with van der Waals surface area (Å²) in [5.41, 5.74) is 1.20. The molecule has 0 aliphatic carbocycles. The van der Waals surface area contributed by atoms with Gasteiger partial charge < -0.3 is 24.6 Å². The molecule has 0 unspecified atom stereocenters. The Balaban J connectivity index is 1.57. The Kier molecular flexibility index (Phi) is 6.84. The number of carboxylic acids is 1. The number of carbonyl (C=O) groups excluding carboxylic acids is 1. The fraction of sp³-hybridized carbons (Fsp3) is 0.481. The first-order valence-electron chi connectivity index (χ1n) is 11.8. The van der Waals surface area contributed by atoms with E-state index in [-0.39, 0.29) is 24.5 Å². The van der Waals surface area contributed by atoms with Crippen molar-refractivity contribution in [2.45, 2.75) is 64.6 Å². The van der Waals surface area contributed by atoms with Crippen LogP contribution < -0.4 is 10.1 Å². The van der Waals surface area contributed by atoms with Crippen molar-refractivity contribution in [3.8, 4) is 5.75 Å². The molecule has 182 valence electrons. The number of ether oxygens (including phenoxy) is 3. The second kappa shape index (κ2) is 9.66. The molecule has 1 fully saturated rings. The van der Waals surface area contributed by atoms with Crippen molar-refractivity contribution in [3.63, 3.8) is 0 Å². The van der Waals surface area contributed by atoms with Crippen molar-refractivity contribution >= 4 is 12.1 Å². The van der Waals surface area contributed by atoms with E-state index in [1.807, 2.05) is 82.3 Å². The van der Waals surface area contributed by atoms with Crippen LogP contribution in [0.2, 0.25) is 0 Å². The van der Waals surface area contributed by atoms with Crippen LogP contribution in [0.5, 0.6) is 5.75 Å². The summed E-state index contributed by atoms with van der Waals surface area (Å²) >= 11 is 0. The molecule has 34 heavy (non-hydrogen) atoms. The molecular weight excluding hydrogens is 434 g/mol. The molecule has 2 aliphatic heterocycles. The van der Waals surface area contributed by atoms with Gasteiger partial charge in [-0.15, -0.1) is 0 Å². The minimum atomic E-state index is -0.941. The maximum Gasteiger partial charge on any atom is 0.407 e. The number of aliphatic carboxylic acids is 1. The summed E-state index contributed by atoms with van der Waals surface area (Å²) in [6, 6.07) is 16.6. The number of rotatable bonds is 6. The molecule has 4 rings (SSSR count). The number of carbonyl (C=O) groups is 2. The van der Waals surface area contributed by atoms with Gasteiger partial charge in [-0.3, -0.25) is 4.79 Å². The van der Waals surface area contributed by atoms with E-state index in [2.05, 4.69) is 5.32 Å². The van der Waals surface area contributed by atoms with Gasteiger partial charge in [0.2, 0.25) is 0 Å². The highest BCUT2D eigenvalue weighted by Crippen LogP contribution is 2.52. The Hall–Kier alpha value is -3.06. The van der Waals surface area contributed by atoms with Gasteiger partial charge in [0.15, 0.2) is 0 Å². The molecule has 7 heteroatoms. The van der Waals surface area contributed by atoms with Gasteiger partial charge in [-0.1, -0.05) is 62.4 Å². The number of benzene rings is 2. The summed E-state index contributed by atoms with van der Waals surface area (Å²) in [5.74, 6) is -1.20. The van der Waals surface area contributed by atoms with Crippen molar-refractivity contribution in [2.24, 2.45) is 17.8 Å². The second-order valence-corrected chi connectivity index (χ2v) is 10.0. The lowest BCUT2D eigenvalue weighted by molar-refractivity contribution is -0.195. The van der Waals surface area contributed by atoms with Crippen LogP contribution in [0.3, 0.4) is 0 Å². The molecule has 7 nitrogen and oxygen atoms in total. The van der Waals surface area contributed by atoms with Gasteiger partial charge in [0.25, 0.3) is 0 Å². The molecule has 2 aliphatic rings. The number of fused-ring (bicyclic) bond motifs is 3. The van der Waals surface area contributed by atoms with Gasteiger partial charge in [-0.25, -0.2) is 4.79 Å². The average Bonchev–Trinajstić information content (AvgIpc) is 2.80. The molecule has 5 atom stereocenters. The van der Waals surface area contributed by atoms with E-state index in [1.165, 1.54) is 0 Å². The Labute approximate surface area is 200 Å². The molecule has 2 N–H and O–H groups in total. The molecule has 0 radical (unpaired) electrons. The smallest absolute Gasteiger partial charge is 0.407 e. The topological polar surface area (TPSA) is 94.1 Å². The summed E-state index contributed by atoms with van der Waals surface area (Å²) in [7, 11) is 0. The van der Waals surface area contributed by atoms with E-state index >= 15 is 0 Å². The quantitative estimate of drug-likeness (QED) is 0.624. The molecule has 2 aromatic rings. The normalized spacial score (nSPS) is 25.9. The van der Waals surface area contributed by atoms with Crippen molar-refractivity contribution in [1.82, 2.24) is 5.32 Å². The first kappa shape index (κ1) is 24.1. The molecule has 2 aromatic carbocycles. The SMILES string of the molecule is CC(C)[C@H](NC(=O)OCc1ccccc1)[C@H]1O[C@H]2c3ccccc3OC(C)(C)[C@@H]2C[C@@H]1C(=O)O. The largest absolute Gasteiger partial charge is 0.487 e. The predicted molar refractivity (Wildman–Crippen MR) is 126 cm³/mol. The van der Waals surface area contributed by atoms with E-state index < -0.39 is 35.7 Å². The monoisotopic (exact) mass is 467 g/mol. The summed E-state index contributed by atoms with van der Waals surface area (Å²) in [6.45, 7) is 7.97. The molecule has 0 bridgehead atoms. The third-order valence-corrected chi connectivity index (χ3v) is 6.95. The van der Waals surface area contributed by atoms with Crippen molar-refractivity contribution in [1.29, 1.82) is 0 Å². The van der Waals surface area contributed by atoms with Crippen LogP contribution in [-0.2, 0) is 20.9 Å². The maximum absolute atomic E-state index is 12.7. The lowest BCUT2D eigenvalue weighted by atomic mass is 9.70. The van der Waals surface area contributed by atoms with Crippen LogP contribution >= 0.6 is 0 Å². The number of alkyl carbamates (subject to hydrolysis) is 1. The van der Waals surface area contributed by atoms with Crippen molar-refractivity contribution < 1.29 is 28.9 Å². The zero-order chi connectivity index (χ0) is 24.5. The van der Waals surface area contributed by atoms with Gasteiger partial charge in [0.1, 0.15) is 18.0 Å². The van der Waals surface area contributed by atoms with Crippen LogP contribution in [0.4, 0.5) is 4.79 Å².